The smallest absolute Gasteiger partial charge is 0.312 e. The summed E-state index contributed by atoms with van der Waals surface area (Å²) in [5.74, 6) is -0.0373. The minimum atomic E-state index is -0.684. The Balaban J connectivity index is 2.55. The van der Waals surface area contributed by atoms with Crippen LogP contribution in [0.25, 0.3) is 0 Å². The summed E-state index contributed by atoms with van der Waals surface area (Å²) in [7, 11) is 0. The van der Waals surface area contributed by atoms with Crippen LogP contribution in [0.5, 0.6) is 0 Å². The van der Waals surface area contributed by atoms with Crippen molar-refractivity contribution in [3.8, 4) is 0 Å². The van der Waals surface area contributed by atoms with E-state index in [1.165, 1.54) is 0 Å². The van der Waals surface area contributed by atoms with E-state index >= 15 is 0 Å². The van der Waals surface area contributed by atoms with Gasteiger partial charge in [0.15, 0.2) is 0 Å². The van der Waals surface area contributed by atoms with Gasteiger partial charge < -0.3 is 9.84 Å². The molecule has 0 saturated carbocycles. The van der Waals surface area contributed by atoms with Crippen molar-refractivity contribution in [3.63, 3.8) is 0 Å². The first-order valence-corrected chi connectivity index (χ1v) is 5.84. The van der Waals surface area contributed by atoms with Crippen LogP contribution in [0.3, 0.4) is 0 Å². The summed E-state index contributed by atoms with van der Waals surface area (Å²) in [5, 5.41) is 9.32. The molecule has 15 heavy (non-hydrogen) atoms. The number of aliphatic carboxylic acids is 1. The molecule has 0 spiro atoms. The highest BCUT2D eigenvalue weighted by molar-refractivity contribution is 5.75. The maximum atomic E-state index is 11.3. The van der Waals surface area contributed by atoms with E-state index in [1.807, 2.05) is 6.92 Å². The Hall–Kier alpha value is -0.570. The molecule has 0 aromatic heterocycles. The van der Waals surface area contributed by atoms with E-state index in [1.54, 1.807) is 0 Å². The molecule has 1 aliphatic rings. The van der Waals surface area contributed by atoms with E-state index < -0.39 is 11.4 Å². The molecule has 0 amide bonds. The van der Waals surface area contributed by atoms with Gasteiger partial charge in [0.2, 0.25) is 0 Å². The Bertz CT molecular complexity index is 225. The molecule has 3 nitrogen and oxygen atoms in total. The molecule has 88 valence electrons. The summed E-state index contributed by atoms with van der Waals surface area (Å²) in [6, 6.07) is 0. The van der Waals surface area contributed by atoms with E-state index in [-0.39, 0.29) is 6.10 Å². The third-order valence-corrected chi connectivity index (χ3v) is 3.52. The highest BCUT2D eigenvalue weighted by Crippen LogP contribution is 2.40. The first kappa shape index (κ1) is 12.5. The van der Waals surface area contributed by atoms with Crippen LogP contribution in [0.4, 0.5) is 0 Å². The van der Waals surface area contributed by atoms with Gasteiger partial charge in [-0.3, -0.25) is 4.79 Å². The minimum absolute atomic E-state index is 0.137. The Labute approximate surface area is 91.8 Å². The molecule has 1 rings (SSSR count). The third-order valence-electron chi connectivity index (χ3n) is 3.52. The summed E-state index contributed by atoms with van der Waals surface area (Å²) >= 11 is 0. The average Bonchev–Trinajstić information content (AvgIpc) is 2.48. The highest BCUT2D eigenvalue weighted by atomic mass is 16.5. The molecule has 1 saturated heterocycles. The van der Waals surface area contributed by atoms with Crippen molar-refractivity contribution >= 4 is 5.97 Å². The second kappa shape index (κ2) is 4.97. The number of rotatable bonds is 5. The first-order chi connectivity index (χ1) is 6.99. The SMILES string of the molecule is CC(C)CCCC1(C(=O)O)CCOC1C. The fourth-order valence-corrected chi connectivity index (χ4v) is 2.32. The second-order valence-corrected chi connectivity index (χ2v) is 5.01. The summed E-state index contributed by atoms with van der Waals surface area (Å²) in [5.41, 5.74) is -0.616. The van der Waals surface area contributed by atoms with Crippen LogP contribution < -0.4 is 0 Å². The van der Waals surface area contributed by atoms with Gasteiger partial charge in [0.25, 0.3) is 0 Å². The van der Waals surface area contributed by atoms with Crippen LogP contribution in [0.2, 0.25) is 0 Å². The summed E-state index contributed by atoms with van der Waals surface area (Å²) < 4.78 is 5.41. The molecule has 1 aliphatic heterocycles. The average molecular weight is 214 g/mol. The van der Waals surface area contributed by atoms with E-state index in [0.29, 0.717) is 18.9 Å². The lowest BCUT2D eigenvalue weighted by molar-refractivity contribution is -0.152. The molecule has 2 atom stereocenters. The van der Waals surface area contributed by atoms with Crippen molar-refractivity contribution in [2.45, 2.75) is 52.6 Å². The van der Waals surface area contributed by atoms with Gasteiger partial charge in [0.1, 0.15) is 0 Å². The normalized spacial score (nSPS) is 31.1. The standard InChI is InChI=1S/C12H22O3/c1-9(2)5-4-6-12(11(13)14)7-8-15-10(12)3/h9-10H,4-8H2,1-3H3,(H,13,14). The zero-order chi connectivity index (χ0) is 11.5. The van der Waals surface area contributed by atoms with Gasteiger partial charge in [-0.05, 0) is 25.7 Å². The van der Waals surface area contributed by atoms with Gasteiger partial charge in [-0.15, -0.1) is 0 Å². The van der Waals surface area contributed by atoms with E-state index in [2.05, 4.69) is 13.8 Å². The molecule has 0 bridgehead atoms. The lowest BCUT2D eigenvalue weighted by atomic mass is 9.77. The Morgan fingerprint density at radius 2 is 2.27 bits per heavy atom. The van der Waals surface area contributed by atoms with Crippen LogP contribution in [0, 0.1) is 11.3 Å². The molecule has 3 heteroatoms. The molecule has 0 radical (unpaired) electrons. The van der Waals surface area contributed by atoms with Gasteiger partial charge in [-0.2, -0.15) is 0 Å². The van der Waals surface area contributed by atoms with E-state index in [0.717, 1.165) is 19.3 Å². The van der Waals surface area contributed by atoms with Gasteiger partial charge >= 0.3 is 5.97 Å². The van der Waals surface area contributed by atoms with Gasteiger partial charge in [0, 0.05) is 6.61 Å². The van der Waals surface area contributed by atoms with Gasteiger partial charge in [-0.25, -0.2) is 0 Å². The summed E-state index contributed by atoms with van der Waals surface area (Å²) in [6.45, 7) is 6.82. The maximum absolute atomic E-state index is 11.3. The number of hydrogen-bond donors (Lipinski definition) is 1. The Kier molecular flexibility index (Phi) is 4.14. The van der Waals surface area contributed by atoms with Crippen molar-refractivity contribution in [1.82, 2.24) is 0 Å². The summed E-state index contributed by atoms with van der Waals surface area (Å²) in [4.78, 5) is 11.3. The lowest BCUT2D eigenvalue weighted by Gasteiger charge is -2.27. The molecule has 1 fully saturated rings. The molecular weight excluding hydrogens is 192 g/mol. The molecule has 0 aromatic rings. The number of hydrogen-bond acceptors (Lipinski definition) is 2. The number of carbonyl (C=O) groups is 1. The molecule has 1 heterocycles. The van der Waals surface area contributed by atoms with E-state index in [4.69, 9.17) is 4.74 Å². The predicted octanol–water partition coefficient (Wildman–Crippen LogP) is 2.69. The number of carboxylic acids is 1. The molecular formula is C12H22O3. The highest BCUT2D eigenvalue weighted by Gasteiger charge is 2.47. The maximum Gasteiger partial charge on any atom is 0.312 e. The van der Waals surface area contributed by atoms with Crippen LogP contribution in [0.1, 0.15) is 46.5 Å². The van der Waals surface area contributed by atoms with Crippen LogP contribution in [-0.2, 0) is 9.53 Å². The molecule has 0 aliphatic carbocycles. The first-order valence-electron chi connectivity index (χ1n) is 5.84. The molecule has 0 aromatic carbocycles. The lowest BCUT2D eigenvalue weighted by Crippen LogP contribution is -2.37. The zero-order valence-corrected chi connectivity index (χ0v) is 9.95. The van der Waals surface area contributed by atoms with E-state index in [9.17, 15) is 9.90 Å². The second-order valence-electron chi connectivity index (χ2n) is 5.01. The van der Waals surface area contributed by atoms with Crippen molar-refractivity contribution in [1.29, 1.82) is 0 Å². The quantitative estimate of drug-likeness (QED) is 0.765. The van der Waals surface area contributed by atoms with Crippen molar-refractivity contribution in [3.05, 3.63) is 0 Å². The predicted molar refractivity (Wildman–Crippen MR) is 58.8 cm³/mol. The fraction of sp³-hybridized carbons (Fsp3) is 0.917. The van der Waals surface area contributed by atoms with Crippen molar-refractivity contribution in [2.24, 2.45) is 11.3 Å². The van der Waals surface area contributed by atoms with Crippen molar-refractivity contribution < 1.29 is 14.6 Å². The Morgan fingerprint density at radius 1 is 1.60 bits per heavy atom. The fourth-order valence-electron chi connectivity index (χ4n) is 2.32. The van der Waals surface area contributed by atoms with Crippen LogP contribution in [0.15, 0.2) is 0 Å². The third kappa shape index (κ3) is 2.71. The summed E-state index contributed by atoms with van der Waals surface area (Å²) in [6.07, 6.45) is 3.37. The molecule has 1 N–H and O–H groups in total. The monoisotopic (exact) mass is 214 g/mol. The zero-order valence-electron chi connectivity index (χ0n) is 9.95. The van der Waals surface area contributed by atoms with Gasteiger partial charge in [-0.1, -0.05) is 26.7 Å². The van der Waals surface area contributed by atoms with Gasteiger partial charge in [0.05, 0.1) is 11.5 Å². The van der Waals surface area contributed by atoms with Crippen molar-refractivity contribution in [2.75, 3.05) is 6.61 Å². The minimum Gasteiger partial charge on any atom is -0.481 e. The number of ether oxygens (including phenoxy) is 1. The van der Waals surface area contributed by atoms with Crippen LogP contribution >= 0.6 is 0 Å². The number of carboxylic acid groups (broad SMARTS) is 1. The van der Waals surface area contributed by atoms with Crippen LogP contribution in [-0.4, -0.2) is 23.8 Å². The Morgan fingerprint density at radius 3 is 2.67 bits per heavy atom. The molecule has 2 unspecified atom stereocenters. The largest absolute Gasteiger partial charge is 0.481 e. The topological polar surface area (TPSA) is 46.5 Å².